The predicted octanol–water partition coefficient (Wildman–Crippen LogP) is 3.84. The number of hydrogen-bond donors (Lipinski definition) is 1. The van der Waals surface area contributed by atoms with Gasteiger partial charge in [0.15, 0.2) is 0 Å². The zero-order valence-corrected chi connectivity index (χ0v) is 16.0. The van der Waals surface area contributed by atoms with Crippen LogP contribution in [0.2, 0.25) is 0 Å². The Morgan fingerprint density at radius 3 is 2.36 bits per heavy atom. The van der Waals surface area contributed by atoms with Gasteiger partial charge in [0.25, 0.3) is 0 Å². The Kier molecular flexibility index (Phi) is 7.51. The molecule has 2 aromatic carbocycles. The molecule has 1 N–H and O–H groups in total. The van der Waals surface area contributed by atoms with Gasteiger partial charge in [0.05, 0.1) is 7.11 Å². The summed E-state index contributed by atoms with van der Waals surface area (Å²) < 4.78 is 10.4. The van der Waals surface area contributed by atoms with E-state index in [1.54, 1.807) is 57.4 Å². The molecule has 1 unspecified atom stereocenters. The van der Waals surface area contributed by atoms with E-state index in [-0.39, 0.29) is 5.92 Å². The van der Waals surface area contributed by atoms with Gasteiger partial charge in [-0.25, -0.2) is 9.59 Å². The lowest BCUT2D eigenvalue weighted by Crippen LogP contribution is -2.24. The number of ether oxygens (including phenoxy) is 2. The number of carbonyl (C=O) groups excluding carboxylic acids is 1. The highest BCUT2D eigenvalue weighted by Gasteiger charge is 2.19. The number of nitrogens with zero attached hydrogens (tertiary/aromatic N) is 1. The number of carbonyl (C=O) groups is 2. The first-order valence-electron chi connectivity index (χ1n) is 8.79. The van der Waals surface area contributed by atoms with Crippen LogP contribution in [0.15, 0.2) is 59.6 Å². The zero-order valence-electron chi connectivity index (χ0n) is 16.0. The van der Waals surface area contributed by atoms with Crippen LogP contribution in [0.5, 0.6) is 11.5 Å². The van der Waals surface area contributed by atoms with Gasteiger partial charge in [-0.3, -0.25) is 4.99 Å². The van der Waals surface area contributed by atoms with E-state index < -0.39 is 18.0 Å². The molecule has 0 aromatic heterocycles. The van der Waals surface area contributed by atoms with Crippen molar-refractivity contribution in [3.63, 3.8) is 0 Å². The summed E-state index contributed by atoms with van der Waals surface area (Å²) in [6, 6.07) is 13.2. The Balaban J connectivity index is 1.97. The molecule has 0 radical (unpaired) electrons. The van der Waals surface area contributed by atoms with Crippen LogP contribution in [0, 0.1) is 5.92 Å². The molecule has 2 aromatic rings. The van der Waals surface area contributed by atoms with E-state index >= 15 is 0 Å². The van der Waals surface area contributed by atoms with Gasteiger partial charge in [-0.1, -0.05) is 26.0 Å². The Bertz CT molecular complexity index is 869. The second kappa shape index (κ2) is 10.1. The molecule has 0 saturated carbocycles. The summed E-state index contributed by atoms with van der Waals surface area (Å²) in [4.78, 5) is 27.2. The summed E-state index contributed by atoms with van der Waals surface area (Å²) in [5, 5.41) is 9.14. The standard InChI is InChI=1S/C22H23NO5/c1-15(2)21(22(25)26)23-14-17-7-10-18(11-8-17)28-20(24)12-9-16-5-4-6-19(13-16)27-3/h4-15,21H,1-3H3,(H,25,26)/b12-9+,23-14?. The van der Waals surface area contributed by atoms with Gasteiger partial charge in [-0.15, -0.1) is 0 Å². The first kappa shape index (κ1) is 20.9. The molecule has 0 aliphatic carbocycles. The summed E-state index contributed by atoms with van der Waals surface area (Å²) >= 11 is 0. The Hall–Kier alpha value is -3.41. The van der Waals surface area contributed by atoms with E-state index in [0.717, 1.165) is 11.1 Å². The van der Waals surface area contributed by atoms with Crippen molar-refractivity contribution in [3.05, 3.63) is 65.7 Å². The Labute approximate surface area is 164 Å². The summed E-state index contributed by atoms with van der Waals surface area (Å²) in [6.07, 6.45) is 4.49. The highest BCUT2D eigenvalue weighted by Crippen LogP contribution is 2.15. The van der Waals surface area contributed by atoms with Crippen molar-refractivity contribution >= 4 is 24.2 Å². The molecule has 0 saturated heterocycles. The van der Waals surface area contributed by atoms with Gasteiger partial charge in [-0.05, 0) is 59.5 Å². The number of methoxy groups -OCH3 is 1. The summed E-state index contributed by atoms with van der Waals surface area (Å²) in [7, 11) is 1.58. The second-order valence-electron chi connectivity index (χ2n) is 6.41. The largest absolute Gasteiger partial charge is 0.497 e. The van der Waals surface area contributed by atoms with Crippen LogP contribution in [-0.2, 0) is 9.59 Å². The zero-order chi connectivity index (χ0) is 20.5. The predicted molar refractivity (Wildman–Crippen MR) is 108 cm³/mol. The maximum atomic E-state index is 12.0. The number of aliphatic imine (C=N–C) groups is 1. The van der Waals surface area contributed by atoms with E-state index in [0.29, 0.717) is 11.5 Å². The molecule has 28 heavy (non-hydrogen) atoms. The molecule has 1 atom stereocenters. The monoisotopic (exact) mass is 381 g/mol. The summed E-state index contributed by atoms with van der Waals surface area (Å²) in [6.45, 7) is 3.61. The van der Waals surface area contributed by atoms with E-state index in [1.165, 1.54) is 12.3 Å². The lowest BCUT2D eigenvalue weighted by atomic mass is 10.1. The molecule has 0 aliphatic rings. The Morgan fingerprint density at radius 1 is 1.04 bits per heavy atom. The summed E-state index contributed by atoms with van der Waals surface area (Å²) in [5.74, 6) is -0.480. The molecule has 0 aliphatic heterocycles. The fourth-order valence-corrected chi connectivity index (χ4v) is 2.37. The van der Waals surface area contributed by atoms with Crippen LogP contribution in [-0.4, -0.2) is 36.4 Å². The molecular weight excluding hydrogens is 358 g/mol. The first-order valence-corrected chi connectivity index (χ1v) is 8.79. The van der Waals surface area contributed by atoms with Gasteiger partial charge in [0.1, 0.15) is 17.5 Å². The van der Waals surface area contributed by atoms with Crippen LogP contribution in [0.4, 0.5) is 0 Å². The van der Waals surface area contributed by atoms with Crippen molar-refractivity contribution in [3.8, 4) is 11.5 Å². The lowest BCUT2D eigenvalue weighted by molar-refractivity contribution is -0.139. The number of esters is 1. The molecular formula is C22H23NO5. The molecule has 2 rings (SSSR count). The van der Waals surface area contributed by atoms with E-state index in [1.807, 2.05) is 18.2 Å². The van der Waals surface area contributed by atoms with Gasteiger partial charge >= 0.3 is 11.9 Å². The highest BCUT2D eigenvalue weighted by molar-refractivity contribution is 5.89. The van der Waals surface area contributed by atoms with Crippen molar-refractivity contribution < 1.29 is 24.2 Å². The van der Waals surface area contributed by atoms with Crippen molar-refractivity contribution in [2.45, 2.75) is 19.9 Å². The van der Waals surface area contributed by atoms with Crippen LogP contribution in [0.3, 0.4) is 0 Å². The quantitative estimate of drug-likeness (QED) is 0.325. The number of rotatable bonds is 8. The Morgan fingerprint density at radius 2 is 1.75 bits per heavy atom. The van der Waals surface area contributed by atoms with Crippen molar-refractivity contribution in [1.82, 2.24) is 0 Å². The van der Waals surface area contributed by atoms with Crippen molar-refractivity contribution in [2.24, 2.45) is 10.9 Å². The molecule has 0 bridgehead atoms. The molecule has 0 spiro atoms. The average Bonchev–Trinajstić information content (AvgIpc) is 2.67. The molecule has 0 fully saturated rings. The summed E-state index contributed by atoms with van der Waals surface area (Å²) in [5.41, 5.74) is 1.54. The minimum absolute atomic E-state index is 0.106. The number of carboxylic acid groups (broad SMARTS) is 1. The maximum absolute atomic E-state index is 12.0. The van der Waals surface area contributed by atoms with Gasteiger partial charge in [-0.2, -0.15) is 0 Å². The molecule has 6 heteroatoms. The molecule has 146 valence electrons. The van der Waals surface area contributed by atoms with Gasteiger partial charge in [0.2, 0.25) is 0 Å². The minimum atomic E-state index is -0.959. The molecule has 0 heterocycles. The van der Waals surface area contributed by atoms with Gasteiger partial charge in [0, 0.05) is 12.3 Å². The number of hydrogen-bond acceptors (Lipinski definition) is 5. The maximum Gasteiger partial charge on any atom is 0.336 e. The number of carboxylic acids is 1. The first-order chi connectivity index (χ1) is 13.4. The van der Waals surface area contributed by atoms with E-state index in [2.05, 4.69) is 4.99 Å². The number of aliphatic carboxylic acids is 1. The smallest absolute Gasteiger partial charge is 0.336 e. The third kappa shape index (κ3) is 6.39. The highest BCUT2D eigenvalue weighted by atomic mass is 16.5. The minimum Gasteiger partial charge on any atom is -0.497 e. The third-order valence-electron chi connectivity index (χ3n) is 3.87. The average molecular weight is 381 g/mol. The SMILES string of the molecule is COc1cccc(/C=C/C(=O)Oc2ccc(C=NC(C(=O)O)C(C)C)cc2)c1. The van der Waals surface area contributed by atoms with Crippen LogP contribution < -0.4 is 9.47 Å². The lowest BCUT2D eigenvalue weighted by Gasteiger charge is -2.10. The normalized spacial score (nSPS) is 12.4. The van der Waals surface area contributed by atoms with Crippen LogP contribution in [0.25, 0.3) is 6.08 Å². The molecule has 0 amide bonds. The van der Waals surface area contributed by atoms with Gasteiger partial charge < -0.3 is 14.6 Å². The van der Waals surface area contributed by atoms with Crippen LogP contribution in [0.1, 0.15) is 25.0 Å². The fraction of sp³-hybridized carbons (Fsp3) is 0.227. The van der Waals surface area contributed by atoms with E-state index in [9.17, 15) is 9.59 Å². The fourth-order valence-electron chi connectivity index (χ4n) is 2.37. The van der Waals surface area contributed by atoms with Crippen LogP contribution >= 0.6 is 0 Å². The van der Waals surface area contributed by atoms with Crippen molar-refractivity contribution in [1.29, 1.82) is 0 Å². The van der Waals surface area contributed by atoms with E-state index in [4.69, 9.17) is 14.6 Å². The topological polar surface area (TPSA) is 85.2 Å². The number of benzene rings is 2. The van der Waals surface area contributed by atoms with Crippen molar-refractivity contribution in [2.75, 3.05) is 7.11 Å². The second-order valence-corrected chi connectivity index (χ2v) is 6.41. The molecule has 6 nitrogen and oxygen atoms in total. The third-order valence-corrected chi connectivity index (χ3v) is 3.87.